The average molecular weight is 895 g/mol. The third kappa shape index (κ3) is 6.78. The standard InChI is InChI=1S/C20H19Cl3N2O4S.C15H11Cl3N2O3S/c1-19(2,3)18(26)29-15-14-10(7-6-8-24-14)20(4,5)30(27,28)16(15)12-11(21)9-25-17(23)13(12)22;1-15(2)7-4-3-5-19-11(7)12(21)13(24(15,22)23)9-8(16)6-20-14(18)10(9)17/h6-9H,1-5H3;3-6,21H,1-2H3. The molecule has 11 nitrogen and oxygen atoms in total. The summed E-state index contributed by atoms with van der Waals surface area (Å²) in [5.74, 6) is -1.40. The van der Waals surface area contributed by atoms with Crippen LogP contribution in [0.3, 0.4) is 0 Å². The zero-order chi connectivity index (χ0) is 40.5. The molecule has 0 spiro atoms. The van der Waals surface area contributed by atoms with E-state index in [1.165, 1.54) is 52.5 Å². The van der Waals surface area contributed by atoms with Crippen LogP contribution in [0.5, 0.6) is 0 Å². The number of aliphatic hydroxyl groups excluding tert-OH is 1. The Labute approximate surface area is 342 Å². The quantitative estimate of drug-likeness (QED) is 0.154. The van der Waals surface area contributed by atoms with E-state index in [0.717, 1.165) is 0 Å². The molecule has 2 aliphatic rings. The molecule has 0 radical (unpaired) electrons. The summed E-state index contributed by atoms with van der Waals surface area (Å²) in [5, 5.41) is 9.99. The summed E-state index contributed by atoms with van der Waals surface area (Å²) in [6, 6.07) is 6.46. The molecular weight excluding hydrogens is 865 g/mol. The number of hydrogen-bond donors (Lipinski definition) is 1. The molecule has 4 aromatic rings. The van der Waals surface area contributed by atoms with Gasteiger partial charge in [-0.2, -0.15) is 0 Å². The number of aliphatic hydroxyl groups is 1. The lowest BCUT2D eigenvalue weighted by Gasteiger charge is -2.34. The Bertz CT molecular complexity index is 2550. The number of nitrogens with zero attached hydrogens (tertiary/aromatic N) is 4. The molecule has 0 saturated carbocycles. The molecule has 54 heavy (non-hydrogen) atoms. The van der Waals surface area contributed by atoms with E-state index in [1.807, 2.05) is 0 Å². The molecule has 0 saturated heterocycles. The normalized spacial score (nSPS) is 17.9. The zero-order valence-corrected chi connectivity index (χ0v) is 35.6. The van der Waals surface area contributed by atoms with Crippen LogP contribution in [0, 0.1) is 5.41 Å². The van der Waals surface area contributed by atoms with Gasteiger partial charge < -0.3 is 9.84 Å². The number of carbonyl (C=O) groups is 1. The molecule has 0 amide bonds. The van der Waals surface area contributed by atoms with Crippen molar-refractivity contribution in [1.29, 1.82) is 0 Å². The van der Waals surface area contributed by atoms with E-state index < -0.39 is 51.2 Å². The van der Waals surface area contributed by atoms with Gasteiger partial charge in [-0.05, 0) is 60.6 Å². The van der Waals surface area contributed by atoms with E-state index in [4.69, 9.17) is 74.3 Å². The van der Waals surface area contributed by atoms with Gasteiger partial charge in [0.05, 0.1) is 35.0 Å². The zero-order valence-electron chi connectivity index (χ0n) is 29.4. The second-order valence-electron chi connectivity index (χ2n) is 14.0. The number of carbonyl (C=O) groups excluding carboxylic acids is 1. The number of esters is 1. The molecule has 6 heterocycles. The van der Waals surface area contributed by atoms with E-state index in [0.29, 0.717) is 11.1 Å². The molecular formula is C35H30Cl6N4O7S2. The highest BCUT2D eigenvalue weighted by atomic mass is 35.5. The van der Waals surface area contributed by atoms with Crippen molar-refractivity contribution in [3.8, 4) is 0 Å². The van der Waals surface area contributed by atoms with Crippen LogP contribution in [0.25, 0.3) is 21.3 Å². The maximum atomic E-state index is 13.8. The van der Waals surface area contributed by atoms with Crippen LogP contribution in [0.1, 0.15) is 82.1 Å². The lowest BCUT2D eigenvalue weighted by molar-refractivity contribution is -0.145. The Kier molecular flexibility index (Phi) is 11.3. The number of hydrogen-bond acceptors (Lipinski definition) is 11. The van der Waals surface area contributed by atoms with Crippen LogP contribution in [0.15, 0.2) is 49.1 Å². The van der Waals surface area contributed by atoms with E-state index in [-0.39, 0.29) is 63.6 Å². The molecule has 4 aromatic heterocycles. The number of rotatable bonds is 3. The number of ether oxygens (including phenoxy) is 1. The molecule has 0 atom stereocenters. The van der Waals surface area contributed by atoms with E-state index in [9.17, 15) is 26.7 Å². The number of pyridine rings is 4. The van der Waals surface area contributed by atoms with E-state index >= 15 is 0 Å². The Morgan fingerprint density at radius 3 is 1.56 bits per heavy atom. The van der Waals surface area contributed by atoms with Crippen molar-refractivity contribution in [1.82, 2.24) is 19.9 Å². The highest BCUT2D eigenvalue weighted by Gasteiger charge is 2.51. The predicted molar refractivity (Wildman–Crippen MR) is 213 cm³/mol. The number of aromatic nitrogens is 4. The van der Waals surface area contributed by atoms with Crippen molar-refractivity contribution in [2.45, 2.75) is 58.0 Å². The smallest absolute Gasteiger partial charge is 0.316 e. The van der Waals surface area contributed by atoms with Crippen molar-refractivity contribution >= 4 is 117 Å². The fraction of sp³-hybridized carbons (Fsp3) is 0.286. The number of fused-ring (bicyclic) bond motifs is 2. The van der Waals surface area contributed by atoms with Gasteiger partial charge in [0, 0.05) is 47.0 Å². The van der Waals surface area contributed by atoms with Crippen molar-refractivity contribution in [3.05, 3.63) is 113 Å². The summed E-state index contributed by atoms with van der Waals surface area (Å²) in [4.78, 5) is 28.0. The molecule has 1 N–H and O–H groups in total. The Morgan fingerprint density at radius 1 is 0.685 bits per heavy atom. The minimum absolute atomic E-state index is 0.0373. The number of halogens is 6. The van der Waals surface area contributed by atoms with E-state index in [1.54, 1.807) is 45.0 Å². The molecule has 6 rings (SSSR count). The fourth-order valence-corrected chi connectivity index (χ4v) is 10.8. The first-order valence-corrected chi connectivity index (χ1v) is 20.9. The highest BCUT2D eigenvalue weighted by molar-refractivity contribution is 8.02. The first-order chi connectivity index (χ1) is 24.8. The first kappa shape index (κ1) is 42.1. The minimum Gasteiger partial charge on any atom is -0.504 e. The lowest BCUT2D eigenvalue weighted by Crippen LogP contribution is -2.36. The highest BCUT2D eigenvalue weighted by Crippen LogP contribution is 2.53. The van der Waals surface area contributed by atoms with Crippen molar-refractivity contribution in [3.63, 3.8) is 0 Å². The van der Waals surface area contributed by atoms with Crippen LogP contribution in [0.2, 0.25) is 30.4 Å². The average Bonchev–Trinajstić information content (AvgIpc) is 3.09. The molecule has 0 fully saturated rings. The van der Waals surface area contributed by atoms with Crippen molar-refractivity contribution in [2.24, 2.45) is 5.41 Å². The Balaban J connectivity index is 0.000000213. The van der Waals surface area contributed by atoms with Gasteiger partial charge in [0.2, 0.25) is 0 Å². The maximum Gasteiger partial charge on any atom is 0.316 e. The second kappa shape index (κ2) is 14.5. The SMILES string of the molecule is CC(C)(C)C(=O)OC1=C(c2c(Cl)cnc(Cl)c2Cl)S(=O)(=O)C(C)(C)c2cccnc21.CC1(C)c2cccnc2C(O)=C(c2c(Cl)cnc(Cl)c2Cl)S1(=O)=O. The third-order valence-electron chi connectivity index (χ3n) is 8.78. The summed E-state index contributed by atoms with van der Waals surface area (Å²) in [6.45, 7) is 11.1. The van der Waals surface area contributed by atoms with Crippen LogP contribution >= 0.6 is 69.6 Å². The van der Waals surface area contributed by atoms with Crippen LogP contribution in [-0.4, -0.2) is 47.8 Å². The fourth-order valence-electron chi connectivity index (χ4n) is 5.56. The predicted octanol–water partition coefficient (Wildman–Crippen LogP) is 10.00. The van der Waals surface area contributed by atoms with E-state index in [2.05, 4.69) is 19.9 Å². The molecule has 0 aromatic carbocycles. The van der Waals surface area contributed by atoms with Gasteiger partial charge in [0.15, 0.2) is 31.2 Å². The van der Waals surface area contributed by atoms with Crippen LogP contribution < -0.4 is 0 Å². The Hall–Kier alpha value is -3.01. The van der Waals surface area contributed by atoms with Gasteiger partial charge in [0.1, 0.15) is 31.5 Å². The molecule has 19 heteroatoms. The van der Waals surface area contributed by atoms with Gasteiger partial charge in [-0.25, -0.2) is 26.8 Å². The maximum absolute atomic E-state index is 13.8. The molecule has 2 aliphatic heterocycles. The molecule has 0 unspecified atom stereocenters. The summed E-state index contributed by atoms with van der Waals surface area (Å²) >= 11 is 36.8. The third-order valence-corrected chi connectivity index (χ3v) is 15.8. The first-order valence-electron chi connectivity index (χ1n) is 15.6. The molecule has 286 valence electrons. The summed E-state index contributed by atoms with van der Waals surface area (Å²) < 4.78 is 56.9. The van der Waals surface area contributed by atoms with Gasteiger partial charge in [0.25, 0.3) is 0 Å². The summed E-state index contributed by atoms with van der Waals surface area (Å²) in [7, 11) is -8.21. The van der Waals surface area contributed by atoms with Gasteiger partial charge in [-0.1, -0.05) is 81.7 Å². The second-order valence-corrected chi connectivity index (χ2v) is 21.1. The van der Waals surface area contributed by atoms with Crippen LogP contribution in [-0.2, 0) is 38.7 Å². The van der Waals surface area contributed by atoms with Gasteiger partial charge in [-0.15, -0.1) is 0 Å². The Morgan fingerprint density at radius 2 is 1.09 bits per heavy atom. The monoisotopic (exact) mass is 892 g/mol. The van der Waals surface area contributed by atoms with Gasteiger partial charge in [-0.3, -0.25) is 14.8 Å². The van der Waals surface area contributed by atoms with Crippen molar-refractivity contribution < 1.29 is 31.5 Å². The molecule has 0 aliphatic carbocycles. The van der Waals surface area contributed by atoms with Crippen LogP contribution in [0.4, 0.5) is 0 Å². The molecule has 0 bridgehead atoms. The summed E-state index contributed by atoms with van der Waals surface area (Å²) in [5.41, 5.74) is 0.0706. The van der Waals surface area contributed by atoms with Crippen molar-refractivity contribution in [2.75, 3.05) is 0 Å². The summed E-state index contributed by atoms with van der Waals surface area (Å²) in [6.07, 6.45) is 5.32. The van der Waals surface area contributed by atoms with Gasteiger partial charge >= 0.3 is 5.97 Å². The topological polar surface area (TPSA) is 166 Å². The lowest BCUT2D eigenvalue weighted by atomic mass is 9.96. The largest absolute Gasteiger partial charge is 0.504 e. The number of sulfone groups is 2. The minimum atomic E-state index is -4.16.